The van der Waals surface area contributed by atoms with Crippen LogP contribution in [-0.4, -0.2) is 15.6 Å². The molecule has 2 aromatic rings. The zero-order valence-electron chi connectivity index (χ0n) is 9.87. The second kappa shape index (κ2) is 4.61. The molecule has 96 valence electrons. The van der Waals surface area contributed by atoms with Gasteiger partial charge in [0.1, 0.15) is 5.78 Å². The third-order valence-electron chi connectivity index (χ3n) is 2.75. The van der Waals surface area contributed by atoms with Crippen LogP contribution in [0.15, 0.2) is 36.4 Å². The predicted octanol–water partition coefficient (Wildman–Crippen LogP) is 2.36. The SMILES string of the molecule is CC(Nc1cc(N)cc2ccccc12)P(=O)(O)O. The Bertz CT molecular complexity index is 624. The summed E-state index contributed by atoms with van der Waals surface area (Å²) in [5.41, 5.74) is 6.95. The third kappa shape index (κ3) is 2.64. The van der Waals surface area contributed by atoms with Crippen LogP contribution in [0.4, 0.5) is 11.4 Å². The van der Waals surface area contributed by atoms with E-state index in [2.05, 4.69) is 5.32 Å². The van der Waals surface area contributed by atoms with Gasteiger partial charge in [-0.05, 0) is 24.4 Å². The number of rotatable bonds is 3. The van der Waals surface area contributed by atoms with Gasteiger partial charge in [0.25, 0.3) is 0 Å². The van der Waals surface area contributed by atoms with Crippen LogP contribution in [0.3, 0.4) is 0 Å². The Hall–Kier alpha value is -1.55. The van der Waals surface area contributed by atoms with E-state index in [1.165, 1.54) is 6.92 Å². The minimum absolute atomic E-state index is 0.550. The lowest BCUT2D eigenvalue weighted by atomic mass is 10.1. The van der Waals surface area contributed by atoms with Crippen LogP contribution in [-0.2, 0) is 4.57 Å². The third-order valence-corrected chi connectivity index (χ3v) is 3.89. The van der Waals surface area contributed by atoms with E-state index in [4.69, 9.17) is 15.5 Å². The summed E-state index contributed by atoms with van der Waals surface area (Å²) in [6, 6.07) is 11.0. The quantitative estimate of drug-likeness (QED) is 0.505. The molecule has 0 heterocycles. The number of anilines is 2. The molecule has 6 heteroatoms. The number of nitrogens with one attached hydrogen (secondary N) is 1. The Morgan fingerprint density at radius 2 is 1.94 bits per heavy atom. The molecule has 0 aromatic heterocycles. The van der Waals surface area contributed by atoms with E-state index >= 15 is 0 Å². The van der Waals surface area contributed by atoms with E-state index in [1.54, 1.807) is 6.07 Å². The second-order valence-corrected chi connectivity index (χ2v) is 6.15. The van der Waals surface area contributed by atoms with Gasteiger partial charge in [-0.1, -0.05) is 24.3 Å². The summed E-state index contributed by atoms with van der Waals surface area (Å²) in [7, 11) is -4.17. The highest BCUT2D eigenvalue weighted by atomic mass is 31.2. The van der Waals surface area contributed by atoms with Crippen LogP contribution in [0.1, 0.15) is 6.92 Å². The van der Waals surface area contributed by atoms with Crippen molar-refractivity contribution < 1.29 is 14.4 Å². The summed E-state index contributed by atoms with van der Waals surface area (Å²) in [6.45, 7) is 1.44. The number of hydrogen-bond acceptors (Lipinski definition) is 3. The molecule has 0 radical (unpaired) electrons. The van der Waals surface area contributed by atoms with Gasteiger partial charge in [0.05, 0.1) is 0 Å². The minimum atomic E-state index is -4.17. The van der Waals surface area contributed by atoms with Crippen molar-refractivity contribution in [1.82, 2.24) is 0 Å². The average Bonchev–Trinajstić information content (AvgIpc) is 2.27. The molecule has 5 nitrogen and oxygen atoms in total. The number of nitrogens with two attached hydrogens (primary N) is 1. The summed E-state index contributed by atoms with van der Waals surface area (Å²) in [5.74, 6) is -0.956. The molecule has 0 aliphatic rings. The fraction of sp³-hybridized carbons (Fsp3) is 0.167. The van der Waals surface area contributed by atoms with Crippen molar-refractivity contribution in [2.24, 2.45) is 0 Å². The highest BCUT2D eigenvalue weighted by molar-refractivity contribution is 7.52. The molecule has 0 saturated heterocycles. The fourth-order valence-electron chi connectivity index (χ4n) is 1.76. The number of hydrogen-bond donors (Lipinski definition) is 4. The van der Waals surface area contributed by atoms with E-state index in [0.29, 0.717) is 11.4 Å². The smallest absolute Gasteiger partial charge is 0.347 e. The number of nitrogen functional groups attached to an aromatic ring is 1. The van der Waals surface area contributed by atoms with E-state index < -0.39 is 13.4 Å². The molecule has 0 bridgehead atoms. The Kier molecular flexibility index (Phi) is 3.30. The van der Waals surface area contributed by atoms with Crippen LogP contribution in [0.25, 0.3) is 10.8 Å². The Balaban J connectivity index is 2.47. The van der Waals surface area contributed by atoms with Crippen molar-refractivity contribution in [1.29, 1.82) is 0 Å². The van der Waals surface area contributed by atoms with E-state index in [0.717, 1.165) is 10.8 Å². The van der Waals surface area contributed by atoms with Crippen molar-refractivity contribution in [3.63, 3.8) is 0 Å². The van der Waals surface area contributed by atoms with E-state index in [-0.39, 0.29) is 0 Å². The first-order valence-corrected chi connectivity index (χ1v) is 7.16. The lowest BCUT2D eigenvalue weighted by Gasteiger charge is -2.18. The molecule has 1 atom stereocenters. The molecule has 0 aliphatic carbocycles. The molecule has 0 fully saturated rings. The van der Waals surface area contributed by atoms with Crippen molar-refractivity contribution >= 4 is 29.7 Å². The molecule has 0 saturated carbocycles. The molecule has 1 unspecified atom stereocenters. The van der Waals surface area contributed by atoms with Gasteiger partial charge in [-0.3, -0.25) is 4.57 Å². The summed E-state index contributed by atoms with van der Waals surface area (Å²) < 4.78 is 11.2. The molecular weight excluding hydrogens is 251 g/mol. The van der Waals surface area contributed by atoms with Gasteiger partial charge in [0.2, 0.25) is 0 Å². The molecule has 2 rings (SSSR count). The molecule has 0 aliphatic heterocycles. The zero-order chi connectivity index (χ0) is 13.3. The molecule has 18 heavy (non-hydrogen) atoms. The average molecular weight is 266 g/mol. The molecular formula is C12H15N2O3P. The number of fused-ring (bicyclic) bond motifs is 1. The van der Waals surface area contributed by atoms with Crippen LogP contribution in [0.2, 0.25) is 0 Å². The highest BCUT2D eigenvalue weighted by Gasteiger charge is 2.24. The van der Waals surface area contributed by atoms with Gasteiger partial charge < -0.3 is 20.8 Å². The minimum Gasteiger partial charge on any atom is -0.399 e. The first-order valence-electron chi connectivity index (χ1n) is 5.48. The van der Waals surface area contributed by atoms with Gasteiger partial charge in [-0.2, -0.15) is 0 Å². The first-order chi connectivity index (χ1) is 8.38. The van der Waals surface area contributed by atoms with Crippen molar-refractivity contribution in [3.8, 4) is 0 Å². The lowest BCUT2D eigenvalue weighted by Crippen LogP contribution is -2.15. The molecule has 0 amide bonds. The maximum Gasteiger partial charge on any atom is 0.347 e. The van der Waals surface area contributed by atoms with Gasteiger partial charge in [0, 0.05) is 16.8 Å². The van der Waals surface area contributed by atoms with E-state index in [1.807, 2.05) is 30.3 Å². The predicted molar refractivity (Wildman–Crippen MR) is 73.5 cm³/mol. The van der Waals surface area contributed by atoms with Crippen molar-refractivity contribution in [2.75, 3.05) is 11.1 Å². The van der Waals surface area contributed by atoms with Gasteiger partial charge in [-0.25, -0.2) is 0 Å². The summed E-state index contributed by atoms with van der Waals surface area (Å²) >= 11 is 0. The number of benzene rings is 2. The van der Waals surface area contributed by atoms with E-state index in [9.17, 15) is 4.57 Å². The highest BCUT2D eigenvalue weighted by Crippen LogP contribution is 2.42. The van der Waals surface area contributed by atoms with Crippen LogP contribution < -0.4 is 11.1 Å². The maximum atomic E-state index is 11.2. The lowest BCUT2D eigenvalue weighted by molar-refractivity contribution is 0.364. The fourth-order valence-corrected chi connectivity index (χ4v) is 2.07. The van der Waals surface area contributed by atoms with Gasteiger partial charge >= 0.3 is 7.60 Å². The van der Waals surface area contributed by atoms with Crippen LogP contribution in [0, 0.1) is 0 Å². The van der Waals surface area contributed by atoms with Gasteiger partial charge in [0.15, 0.2) is 0 Å². The summed E-state index contributed by atoms with van der Waals surface area (Å²) in [6.07, 6.45) is 0. The Morgan fingerprint density at radius 1 is 1.28 bits per heavy atom. The second-order valence-electron chi connectivity index (χ2n) is 4.20. The maximum absolute atomic E-state index is 11.2. The summed E-state index contributed by atoms with van der Waals surface area (Å²) in [5, 5.41) is 4.63. The largest absolute Gasteiger partial charge is 0.399 e. The van der Waals surface area contributed by atoms with Gasteiger partial charge in [-0.15, -0.1) is 0 Å². The first kappa shape index (κ1) is 12.9. The van der Waals surface area contributed by atoms with Crippen LogP contribution >= 0.6 is 7.60 Å². The monoisotopic (exact) mass is 266 g/mol. The Labute approximate surface area is 105 Å². The molecule has 0 spiro atoms. The Morgan fingerprint density at radius 3 is 2.61 bits per heavy atom. The molecule has 2 aromatic carbocycles. The standard InChI is InChI=1S/C12H15N2O3P/c1-8(18(15,16)17)14-12-7-10(13)6-9-4-2-3-5-11(9)12/h2-8,14H,13H2,1H3,(H2,15,16,17). The van der Waals surface area contributed by atoms with Crippen molar-refractivity contribution in [2.45, 2.75) is 12.7 Å². The zero-order valence-corrected chi connectivity index (χ0v) is 10.8. The topological polar surface area (TPSA) is 95.6 Å². The normalized spacial score (nSPS) is 13.5. The molecule has 5 N–H and O–H groups in total. The summed E-state index contributed by atoms with van der Waals surface area (Å²) in [4.78, 5) is 18.2. The van der Waals surface area contributed by atoms with Crippen molar-refractivity contribution in [3.05, 3.63) is 36.4 Å². The van der Waals surface area contributed by atoms with Crippen LogP contribution in [0.5, 0.6) is 0 Å².